The first-order valence-electron chi connectivity index (χ1n) is 3.32. The molecule has 0 heterocycles. The molecule has 0 radical (unpaired) electrons. The minimum Gasteiger partial charge on any atom is -0.481 e. The molecule has 7 nitrogen and oxygen atoms in total. The first-order valence-corrected chi connectivity index (χ1v) is 3.32. The molecule has 0 saturated carbocycles. The molecule has 7 heteroatoms. The van der Waals surface area contributed by atoms with E-state index in [1.165, 1.54) is 14.1 Å². The molecule has 0 saturated heterocycles. The third kappa shape index (κ3) is 18.1. The minimum absolute atomic E-state index is 0.755. The van der Waals surface area contributed by atoms with Gasteiger partial charge >= 0.3 is 11.9 Å². The van der Waals surface area contributed by atoms with Crippen LogP contribution in [0.4, 0.5) is 0 Å². The summed E-state index contributed by atoms with van der Waals surface area (Å²) < 4.78 is 0. The third-order valence-corrected chi connectivity index (χ3v) is 0.653. The fraction of sp³-hybridized carbons (Fsp3) is 0.667. The molecule has 0 spiro atoms. The summed E-state index contributed by atoms with van der Waals surface area (Å²) in [5, 5.41) is 24.1. The standard InChI is InChI=1S/C4H6O5.2CH5N/c5-2(4(8)9)1-3(6)7;2*1-2/h2,5H,1H2,(H,6,7)(H,8,9);2*2H2,1H3. The Morgan fingerprint density at radius 3 is 1.54 bits per heavy atom. The van der Waals surface area contributed by atoms with E-state index in [9.17, 15) is 9.59 Å². The smallest absolute Gasteiger partial charge is 0.333 e. The third-order valence-electron chi connectivity index (χ3n) is 0.653. The molecule has 0 aliphatic carbocycles. The van der Waals surface area contributed by atoms with Gasteiger partial charge in [0.1, 0.15) is 0 Å². The number of rotatable bonds is 3. The molecule has 0 aromatic rings. The van der Waals surface area contributed by atoms with Crippen LogP contribution in [0.1, 0.15) is 6.42 Å². The van der Waals surface area contributed by atoms with Crippen molar-refractivity contribution >= 4 is 11.9 Å². The Morgan fingerprint density at radius 1 is 1.15 bits per heavy atom. The van der Waals surface area contributed by atoms with Crippen LogP contribution in [-0.2, 0) is 9.59 Å². The molecule has 0 amide bonds. The van der Waals surface area contributed by atoms with E-state index in [0.29, 0.717) is 0 Å². The van der Waals surface area contributed by atoms with Crippen molar-refractivity contribution in [2.45, 2.75) is 12.5 Å². The molecule has 0 fully saturated rings. The number of carbonyl (C=O) groups is 2. The van der Waals surface area contributed by atoms with Gasteiger partial charge in [0.2, 0.25) is 0 Å². The van der Waals surface area contributed by atoms with E-state index in [-0.39, 0.29) is 0 Å². The van der Waals surface area contributed by atoms with Gasteiger partial charge < -0.3 is 26.8 Å². The van der Waals surface area contributed by atoms with Gasteiger partial charge in [-0.2, -0.15) is 0 Å². The lowest BCUT2D eigenvalue weighted by molar-refractivity contribution is -0.152. The van der Waals surface area contributed by atoms with E-state index in [0.717, 1.165) is 0 Å². The van der Waals surface area contributed by atoms with Crippen molar-refractivity contribution in [3.8, 4) is 0 Å². The van der Waals surface area contributed by atoms with Crippen molar-refractivity contribution in [2.75, 3.05) is 14.1 Å². The number of aliphatic hydroxyl groups is 1. The molecule has 0 aromatic carbocycles. The molecule has 1 unspecified atom stereocenters. The van der Waals surface area contributed by atoms with Gasteiger partial charge in [0.05, 0.1) is 6.42 Å². The monoisotopic (exact) mass is 196 g/mol. The van der Waals surface area contributed by atoms with Crippen LogP contribution < -0.4 is 11.5 Å². The highest BCUT2D eigenvalue weighted by atomic mass is 16.4. The fourth-order valence-corrected chi connectivity index (χ4v) is 0.253. The molecule has 0 aromatic heterocycles. The number of carboxylic acid groups (broad SMARTS) is 2. The Bertz CT molecular complexity index is 139. The van der Waals surface area contributed by atoms with Gasteiger partial charge in [-0.15, -0.1) is 0 Å². The molecule has 0 aliphatic heterocycles. The topological polar surface area (TPSA) is 147 Å². The average Bonchev–Trinajstić information content (AvgIpc) is 2.10. The number of carboxylic acids is 2. The van der Waals surface area contributed by atoms with Crippen molar-refractivity contribution < 1.29 is 24.9 Å². The maximum atomic E-state index is 9.72. The van der Waals surface area contributed by atoms with Gasteiger partial charge in [-0.3, -0.25) is 4.79 Å². The molecule has 7 N–H and O–H groups in total. The van der Waals surface area contributed by atoms with E-state index in [2.05, 4.69) is 11.5 Å². The Balaban J connectivity index is -0.000000218. The van der Waals surface area contributed by atoms with Crippen LogP contribution in [0.25, 0.3) is 0 Å². The zero-order valence-electron chi connectivity index (χ0n) is 7.60. The van der Waals surface area contributed by atoms with Gasteiger partial charge in [0, 0.05) is 0 Å². The normalized spacial score (nSPS) is 9.62. The quantitative estimate of drug-likeness (QED) is 0.352. The highest BCUT2D eigenvalue weighted by Crippen LogP contribution is 1.89. The van der Waals surface area contributed by atoms with Crippen molar-refractivity contribution in [3.05, 3.63) is 0 Å². The summed E-state index contributed by atoms with van der Waals surface area (Å²) in [4.78, 5) is 19.4. The number of hydrogen-bond acceptors (Lipinski definition) is 5. The first-order chi connectivity index (χ1) is 6.04. The van der Waals surface area contributed by atoms with Crippen molar-refractivity contribution in [2.24, 2.45) is 11.5 Å². The lowest BCUT2D eigenvalue weighted by Gasteiger charge is -1.97. The van der Waals surface area contributed by atoms with Crippen molar-refractivity contribution in [1.82, 2.24) is 0 Å². The molecule has 80 valence electrons. The zero-order chi connectivity index (χ0) is 11.4. The van der Waals surface area contributed by atoms with Gasteiger partial charge in [0.25, 0.3) is 0 Å². The second-order valence-electron chi connectivity index (χ2n) is 1.45. The molecular formula is C6H16N2O5. The summed E-state index contributed by atoms with van der Waals surface area (Å²) in [7, 11) is 3.00. The Labute approximate surface area is 76.0 Å². The van der Waals surface area contributed by atoms with E-state index in [1.807, 2.05) is 0 Å². The van der Waals surface area contributed by atoms with Gasteiger partial charge in [0.15, 0.2) is 6.10 Å². The van der Waals surface area contributed by atoms with Crippen molar-refractivity contribution in [1.29, 1.82) is 0 Å². The van der Waals surface area contributed by atoms with E-state index in [1.54, 1.807) is 0 Å². The number of aliphatic carboxylic acids is 2. The molecule has 0 aliphatic rings. The van der Waals surface area contributed by atoms with Gasteiger partial charge in [-0.1, -0.05) is 0 Å². The fourth-order valence-electron chi connectivity index (χ4n) is 0.253. The average molecular weight is 196 g/mol. The van der Waals surface area contributed by atoms with Gasteiger partial charge in [-0.25, -0.2) is 4.79 Å². The predicted molar refractivity (Wildman–Crippen MR) is 46.1 cm³/mol. The number of hydrogen-bond donors (Lipinski definition) is 5. The summed E-state index contributed by atoms with van der Waals surface area (Å²) in [6.45, 7) is 0. The first kappa shape index (κ1) is 17.8. The lowest BCUT2D eigenvalue weighted by Crippen LogP contribution is -2.22. The second-order valence-corrected chi connectivity index (χ2v) is 1.45. The van der Waals surface area contributed by atoms with Crippen LogP contribution in [-0.4, -0.2) is 47.5 Å². The van der Waals surface area contributed by atoms with E-state index < -0.39 is 24.5 Å². The number of nitrogens with two attached hydrogens (primary N) is 2. The Kier molecular flexibility index (Phi) is 18.4. The molecule has 0 bridgehead atoms. The van der Waals surface area contributed by atoms with Crippen molar-refractivity contribution in [3.63, 3.8) is 0 Å². The SMILES string of the molecule is CN.CN.O=C(O)CC(O)C(=O)O. The molecule has 13 heavy (non-hydrogen) atoms. The minimum atomic E-state index is -1.79. The largest absolute Gasteiger partial charge is 0.481 e. The second kappa shape index (κ2) is 13.4. The Hall–Kier alpha value is -1.18. The molecular weight excluding hydrogens is 180 g/mol. The van der Waals surface area contributed by atoms with Crippen LogP contribution in [0, 0.1) is 0 Å². The highest BCUT2D eigenvalue weighted by molar-refractivity contribution is 5.79. The lowest BCUT2D eigenvalue weighted by atomic mass is 10.3. The summed E-state index contributed by atoms with van der Waals surface area (Å²) in [5.74, 6) is -2.85. The van der Waals surface area contributed by atoms with E-state index in [4.69, 9.17) is 15.3 Å². The maximum absolute atomic E-state index is 9.72. The van der Waals surface area contributed by atoms with Crippen LogP contribution in [0.15, 0.2) is 0 Å². The predicted octanol–water partition coefficient (Wildman–Crippen LogP) is -1.94. The summed E-state index contributed by atoms with van der Waals surface area (Å²) in [6, 6.07) is 0. The maximum Gasteiger partial charge on any atom is 0.333 e. The molecule has 0 rings (SSSR count). The van der Waals surface area contributed by atoms with Crippen LogP contribution in [0.5, 0.6) is 0 Å². The molecule has 1 atom stereocenters. The van der Waals surface area contributed by atoms with Crippen LogP contribution in [0.3, 0.4) is 0 Å². The highest BCUT2D eigenvalue weighted by Gasteiger charge is 2.16. The van der Waals surface area contributed by atoms with E-state index >= 15 is 0 Å². The summed E-state index contributed by atoms with van der Waals surface area (Å²) >= 11 is 0. The van der Waals surface area contributed by atoms with Gasteiger partial charge in [-0.05, 0) is 14.1 Å². The Morgan fingerprint density at radius 2 is 1.46 bits per heavy atom. The van der Waals surface area contributed by atoms with Crippen LogP contribution >= 0.6 is 0 Å². The summed E-state index contributed by atoms with van der Waals surface area (Å²) in [6.07, 6.45) is -2.54. The van der Waals surface area contributed by atoms with Crippen LogP contribution in [0.2, 0.25) is 0 Å². The zero-order valence-corrected chi connectivity index (χ0v) is 7.60. The number of aliphatic hydroxyl groups excluding tert-OH is 1. The summed E-state index contributed by atoms with van der Waals surface area (Å²) in [5.41, 5.74) is 9.00.